The van der Waals surface area contributed by atoms with E-state index < -0.39 is 0 Å². The highest BCUT2D eigenvalue weighted by atomic mass is 79.9. The normalized spacial score (nSPS) is 13.9. The van der Waals surface area contributed by atoms with Gasteiger partial charge in [0.15, 0.2) is 16.7 Å². The van der Waals surface area contributed by atoms with Gasteiger partial charge in [0.25, 0.3) is 0 Å². The van der Waals surface area contributed by atoms with Crippen LogP contribution in [0.5, 0.6) is 0 Å². The van der Waals surface area contributed by atoms with Gasteiger partial charge < -0.3 is 31.4 Å². The molecule has 88 heavy (non-hydrogen) atoms. The predicted molar refractivity (Wildman–Crippen MR) is 362 cm³/mol. The average Bonchev–Trinajstić information content (AvgIpc) is 2.64. The van der Waals surface area contributed by atoms with E-state index in [4.69, 9.17) is 31.4 Å². The Labute approximate surface area is 520 Å². The Morgan fingerprint density at radius 2 is 0.602 bits per heavy atom. The van der Waals surface area contributed by atoms with Gasteiger partial charge in [0.05, 0.1) is 11.2 Å². The van der Waals surface area contributed by atoms with E-state index in [1.807, 2.05) is 91.0 Å². The third kappa shape index (κ3) is 9.53. The number of fused-ring (bicyclic) bond motifs is 15. The third-order valence-corrected chi connectivity index (χ3v) is 18.1. The molecule has 0 unspecified atom stereocenters. The molecule has 0 bridgehead atoms. The number of hydrogen-bond donors (Lipinski definition) is 0. The van der Waals surface area contributed by atoms with Crippen LogP contribution in [0.4, 0.5) is 0 Å². The number of halogens is 2. The molecule has 1 aliphatic heterocycles. The molecule has 1 saturated heterocycles. The minimum absolute atomic E-state index is 0.344. The first-order chi connectivity index (χ1) is 42.8. The Morgan fingerprint density at radius 3 is 1.03 bits per heavy atom. The van der Waals surface area contributed by atoms with Crippen LogP contribution < -0.4 is 5.46 Å². The van der Waals surface area contributed by atoms with E-state index in [2.05, 4.69) is 196 Å². The third-order valence-electron chi connectivity index (χ3n) is 17.1. The second-order valence-electron chi connectivity index (χ2n) is 23.2. The molecule has 0 aliphatic carbocycles. The SMILES string of the molecule is Brc1cccc(-c2ccc3oc4ccc(Br)cc4c3c2)c1.CC1(C)OB(c2ccc3oc4cccnc4c3c2)OC1(C)C.c1cc(-c2ccc3oc4ccc(-c5ccc6oc7cccnc7c6c5)cc4c3c2)cc(-c2ccc3oc4cccnc4c3c2)c1. The van der Waals surface area contributed by atoms with Crippen molar-refractivity contribution in [2.75, 3.05) is 0 Å². The lowest BCUT2D eigenvalue weighted by atomic mass is 9.78. The maximum atomic E-state index is 6.27. The Kier molecular flexibility index (Phi) is 12.9. The van der Waals surface area contributed by atoms with Gasteiger partial charge in [-0.25, -0.2) is 0 Å². The molecular formula is C75H50BBr2N3O7. The van der Waals surface area contributed by atoms with Crippen LogP contribution in [0.15, 0.2) is 262 Å². The van der Waals surface area contributed by atoms with Crippen LogP contribution in [0.1, 0.15) is 27.7 Å². The van der Waals surface area contributed by atoms with Crippen LogP contribution in [0.2, 0.25) is 0 Å². The highest BCUT2D eigenvalue weighted by Crippen LogP contribution is 2.41. The van der Waals surface area contributed by atoms with Crippen molar-refractivity contribution in [1.29, 1.82) is 0 Å². The molecule has 9 aromatic carbocycles. The van der Waals surface area contributed by atoms with E-state index in [1.165, 1.54) is 11.1 Å². The summed E-state index contributed by atoms with van der Waals surface area (Å²) in [6, 6.07) is 72.3. The predicted octanol–water partition coefficient (Wildman–Crippen LogP) is 21.2. The van der Waals surface area contributed by atoms with Crippen molar-refractivity contribution in [3.8, 4) is 44.5 Å². The number of nitrogens with zero attached hydrogens (tertiary/aromatic N) is 3. The topological polar surface area (TPSA) is 123 Å². The van der Waals surface area contributed by atoms with Gasteiger partial charge in [-0.15, -0.1) is 0 Å². The van der Waals surface area contributed by atoms with Crippen molar-refractivity contribution in [3.63, 3.8) is 0 Å². The van der Waals surface area contributed by atoms with Gasteiger partial charge in [0, 0.05) is 65.2 Å². The Morgan fingerprint density at radius 1 is 0.284 bits per heavy atom. The largest absolute Gasteiger partial charge is 0.494 e. The summed E-state index contributed by atoms with van der Waals surface area (Å²) >= 11 is 7.05. The molecule has 1 aliphatic rings. The molecule has 13 heteroatoms. The fourth-order valence-corrected chi connectivity index (χ4v) is 12.7. The molecular weight excluding hydrogens is 1230 g/mol. The molecule has 0 saturated carbocycles. The lowest BCUT2D eigenvalue weighted by Crippen LogP contribution is -2.41. The molecule has 0 spiro atoms. The quantitative estimate of drug-likeness (QED) is 0.154. The van der Waals surface area contributed by atoms with E-state index in [0.29, 0.717) is 0 Å². The van der Waals surface area contributed by atoms with Gasteiger partial charge in [-0.2, -0.15) is 0 Å². The first-order valence-electron chi connectivity index (χ1n) is 29.0. The Hall–Kier alpha value is -9.63. The van der Waals surface area contributed by atoms with Crippen molar-refractivity contribution >= 4 is 155 Å². The molecule has 0 atom stereocenters. The molecule has 18 rings (SSSR count). The second kappa shape index (κ2) is 21.1. The van der Waals surface area contributed by atoms with E-state index in [9.17, 15) is 0 Å². The van der Waals surface area contributed by atoms with Gasteiger partial charge in [-0.1, -0.05) is 98.6 Å². The van der Waals surface area contributed by atoms with Crippen LogP contribution >= 0.6 is 31.9 Å². The fraction of sp³-hybridized carbons (Fsp3) is 0.0800. The molecule has 0 N–H and O–H groups in total. The summed E-state index contributed by atoms with van der Waals surface area (Å²) in [7, 11) is -0.372. The van der Waals surface area contributed by atoms with Crippen LogP contribution in [0.25, 0.3) is 155 Å². The smallest absolute Gasteiger partial charge is 0.456 e. The Balaban J connectivity index is 0.000000121. The second-order valence-corrected chi connectivity index (χ2v) is 25.0. The van der Waals surface area contributed by atoms with Gasteiger partial charge >= 0.3 is 7.12 Å². The van der Waals surface area contributed by atoms with Crippen molar-refractivity contribution in [2.45, 2.75) is 38.9 Å². The highest BCUT2D eigenvalue weighted by Gasteiger charge is 2.51. The van der Waals surface area contributed by atoms with Crippen molar-refractivity contribution in [1.82, 2.24) is 15.0 Å². The van der Waals surface area contributed by atoms with Gasteiger partial charge in [-0.3, -0.25) is 15.0 Å². The number of aromatic nitrogens is 3. The number of benzene rings is 9. The number of pyridine rings is 3. The first-order valence-corrected chi connectivity index (χ1v) is 30.5. The molecule has 9 heterocycles. The van der Waals surface area contributed by atoms with Crippen LogP contribution in [0.3, 0.4) is 0 Å². The summed E-state index contributed by atoms with van der Waals surface area (Å²) in [6.45, 7) is 8.22. The van der Waals surface area contributed by atoms with E-state index >= 15 is 0 Å². The minimum atomic E-state index is -0.372. The maximum absolute atomic E-state index is 6.27. The van der Waals surface area contributed by atoms with Crippen LogP contribution in [-0.2, 0) is 9.31 Å². The van der Waals surface area contributed by atoms with Gasteiger partial charge in [0.1, 0.15) is 55.6 Å². The van der Waals surface area contributed by atoms with Crippen molar-refractivity contribution in [3.05, 3.63) is 240 Å². The highest BCUT2D eigenvalue weighted by molar-refractivity contribution is 9.10. The maximum Gasteiger partial charge on any atom is 0.494 e. The number of rotatable bonds is 5. The summed E-state index contributed by atoms with van der Waals surface area (Å²) < 4.78 is 44.3. The number of furan rings is 5. The minimum Gasteiger partial charge on any atom is -0.456 e. The lowest BCUT2D eigenvalue weighted by molar-refractivity contribution is 0.00578. The monoisotopic (exact) mass is 1270 g/mol. The number of hydrogen-bond acceptors (Lipinski definition) is 10. The van der Waals surface area contributed by atoms with Gasteiger partial charge in [-0.05, 0) is 223 Å². The summed E-state index contributed by atoms with van der Waals surface area (Å²) in [5.41, 5.74) is 20.5. The van der Waals surface area contributed by atoms with Crippen molar-refractivity contribution in [2.24, 2.45) is 0 Å². The van der Waals surface area contributed by atoms with Crippen molar-refractivity contribution < 1.29 is 31.4 Å². The molecule has 8 aromatic heterocycles. The molecule has 17 aromatic rings. The zero-order valence-electron chi connectivity index (χ0n) is 48.0. The summed E-state index contributed by atoms with van der Waals surface area (Å²) in [4.78, 5) is 13.5. The zero-order chi connectivity index (χ0) is 59.4. The molecule has 1 fully saturated rings. The van der Waals surface area contributed by atoms with E-state index in [0.717, 1.165) is 158 Å². The van der Waals surface area contributed by atoms with E-state index in [-0.39, 0.29) is 18.3 Å². The van der Waals surface area contributed by atoms with Crippen LogP contribution in [0, 0.1) is 0 Å². The summed E-state index contributed by atoms with van der Waals surface area (Å²) in [5, 5.41) is 7.47. The average molecular weight is 1280 g/mol. The lowest BCUT2D eigenvalue weighted by Gasteiger charge is -2.32. The molecule has 424 valence electrons. The summed E-state index contributed by atoms with van der Waals surface area (Å²) in [5.74, 6) is 0. The standard InChI is InChI=1S/C40H22N2O3.C18H10Br2O.C17H18BNO3/c1-4-23(18-24(5-1)27-10-14-35-31(21-27)39-37(44-35)6-2-16-41-39)25-8-12-33-29(19-25)30-20-26(9-13-34(30)43-33)28-11-15-36-32(22-28)40-38(45-36)7-3-17-42-40;19-13-3-1-2-11(8-13)12-4-6-17-15(9-12)16-10-14(20)5-7-18(16)21-17;1-16(2)17(3,4)22-18(21-16)11-7-8-13-12(10-11)15-14(20-13)6-5-9-19-15/h1-22H;1-10H;5-10H,1-4H3. The fourth-order valence-electron chi connectivity index (χ4n) is 11.9. The first kappa shape index (κ1) is 53.8. The molecule has 0 amide bonds. The zero-order valence-corrected chi connectivity index (χ0v) is 51.1. The van der Waals surface area contributed by atoms with Gasteiger partial charge in [0.2, 0.25) is 0 Å². The molecule has 10 nitrogen and oxygen atoms in total. The van der Waals surface area contributed by atoms with E-state index in [1.54, 1.807) is 18.6 Å². The van der Waals surface area contributed by atoms with Crippen LogP contribution in [-0.4, -0.2) is 33.3 Å². The molecule has 0 radical (unpaired) electrons. The summed E-state index contributed by atoms with van der Waals surface area (Å²) in [6.07, 6.45) is 5.39. The Bertz CT molecular complexity index is 5600.